The SMILES string of the molecule is C[C@H](N)c1ccc(OCc2ccccc2)c(F)c1. The first-order chi connectivity index (χ1) is 8.66. The van der Waals surface area contributed by atoms with E-state index in [0.717, 1.165) is 11.1 Å². The molecule has 0 saturated carbocycles. The van der Waals surface area contributed by atoms with E-state index in [0.29, 0.717) is 6.61 Å². The lowest BCUT2D eigenvalue weighted by molar-refractivity contribution is 0.290. The maximum Gasteiger partial charge on any atom is 0.165 e. The number of ether oxygens (including phenoxy) is 1. The third kappa shape index (κ3) is 3.08. The minimum absolute atomic E-state index is 0.178. The number of hydrogen-bond acceptors (Lipinski definition) is 2. The van der Waals surface area contributed by atoms with Gasteiger partial charge in [-0.1, -0.05) is 36.4 Å². The van der Waals surface area contributed by atoms with Crippen LogP contribution in [0.5, 0.6) is 5.75 Å². The molecule has 0 aliphatic rings. The van der Waals surface area contributed by atoms with Gasteiger partial charge in [0, 0.05) is 6.04 Å². The number of halogens is 1. The van der Waals surface area contributed by atoms with Gasteiger partial charge >= 0.3 is 0 Å². The molecular weight excluding hydrogens is 229 g/mol. The molecule has 0 amide bonds. The highest BCUT2D eigenvalue weighted by Gasteiger charge is 2.07. The molecule has 2 aromatic rings. The standard InChI is InChI=1S/C15H16FNO/c1-11(17)13-7-8-15(14(16)9-13)18-10-12-5-3-2-4-6-12/h2-9,11H,10,17H2,1H3/t11-/m0/s1. The second-order valence-corrected chi connectivity index (χ2v) is 4.25. The van der Waals surface area contributed by atoms with Crippen molar-refractivity contribution in [1.82, 2.24) is 0 Å². The first kappa shape index (κ1) is 12.6. The predicted octanol–water partition coefficient (Wildman–Crippen LogP) is 3.42. The zero-order valence-electron chi connectivity index (χ0n) is 10.3. The van der Waals surface area contributed by atoms with E-state index in [-0.39, 0.29) is 17.6 Å². The second-order valence-electron chi connectivity index (χ2n) is 4.25. The van der Waals surface area contributed by atoms with E-state index in [1.807, 2.05) is 37.3 Å². The molecule has 0 heterocycles. The van der Waals surface area contributed by atoms with Crippen molar-refractivity contribution in [2.45, 2.75) is 19.6 Å². The minimum Gasteiger partial charge on any atom is -0.486 e. The monoisotopic (exact) mass is 245 g/mol. The topological polar surface area (TPSA) is 35.2 Å². The zero-order valence-corrected chi connectivity index (χ0v) is 10.3. The maximum absolute atomic E-state index is 13.7. The van der Waals surface area contributed by atoms with Gasteiger partial charge in [-0.05, 0) is 30.2 Å². The van der Waals surface area contributed by atoms with Crippen molar-refractivity contribution >= 4 is 0 Å². The van der Waals surface area contributed by atoms with Gasteiger partial charge in [-0.15, -0.1) is 0 Å². The average Bonchev–Trinajstić information content (AvgIpc) is 2.38. The lowest BCUT2D eigenvalue weighted by Crippen LogP contribution is -2.06. The van der Waals surface area contributed by atoms with Gasteiger partial charge in [0.2, 0.25) is 0 Å². The molecule has 2 nitrogen and oxygen atoms in total. The smallest absolute Gasteiger partial charge is 0.165 e. The van der Waals surface area contributed by atoms with Crippen LogP contribution in [0.25, 0.3) is 0 Å². The molecule has 0 unspecified atom stereocenters. The summed E-state index contributed by atoms with van der Waals surface area (Å²) in [5.74, 6) is -0.121. The highest BCUT2D eigenvalue weighted by atomic mass is 19.1. The summed E-state index contributed by atoms with van der Waals surface area (Å²) in [4.78, 5) is 0. The van der Waals surface area contributed by atoms with Crippen LogP contribution in [0.1, 0.15) is 24.1 Å². The lowest BCUT2D eigenvalue weighted by atomic mass is 10.1. The number of rotatable bonds is 4. The highest BCUT2D eigenvalue weighted by molar-refractivity contribution is 5.31. The Balaban J connectivity index is 2.06. The normalized spacial score (nSPS) is 12.2. The van der Waals surface area contributed by atoms with E-state index in [9.17, 15) is 4.39 Å². The number of benzene rings is 2. The Bertz CT molecular complexity index is 511. The van der Waals surface area contributed by atoms with Crippen molar-refractivity contribution in [1.29, 1.82) is 0 Å². The fourth-order valence-electron chi connectivity index (χ4n) is 1.65. The van der Waals surface area contributed by atoms with Gasteiger partial charge in [0.15, 0.2) is 11.6 Å². The van der Waals surface area contributed by atoms with Crippen molar-refractivity contribution in [2.75, 3.05) is 0 Å². The first-order valence-corrected chi connectivity index (χ1v) is 5.88. The van der Waals surface area contributed by atoms with Gasteiger partial charge in [0.25, 0.3) is 0 Å². The molecule has 94 valence electrons. The molecule has 2 rings (SSSR count). The molecule has 2 N–H and O–H groups in total. The van der Waals surface area contributed by atoms with E-state index in [1.54, 1.807) is 12.1 Å². The van der Waals surface area contributed by atoms with Gasteiger partial charge in [-0.2, -0.15) is 0 Å². The van der Waals surface area contributed by atoms with Crippen LogP contribution in [0, 0.1) is 5.82 Å². The fraction of sp³-hybridized carbons (Fsp3) is 0.200. The lowest BCUT2D eigenvalue weighted by Gasteiger charge is -2.10. The molecule has 0 radical (unpaired) electrons. The zero-order chi connectivity index (χ0) is 13.0. The third-order valence-electron chi connectivity index (χ3n) is 2.72. The van der Waals surface area contributed by atoms with Gasteiger partial charge in [0.05, 0.1) is 0 Å². The Morgan fingerprint density at radius 2 is 1.89 bits per heavy atom. The summed E-state index contributed by atoms with van der Waals surface area (Å²) in [5.41, 5.74) is 7.46. The molecular formula is C15H16FNO. The van der Waals surface area contributed by atoms with Crippen molar-refractivity contribution < 1.29 is 9.13 Å². The fourth-order valence-corrected chi connectivity index (χ4v) is 1.65. The van der Waals surface area contributed by atoms with Crippen molar-refractivity contribution in [3.8, 4) is 5.75 Å². The van der Waals surface area contributed by atoms with Crippen LogP contribution < -0.4 is 10.5 Å². The summed E-state index contributed by atoms with van der Waals surface area (Å²) in [6.07, 6.45) is 0. The Morgan fingerprint density at radius 1 is 1.17 bits per heavy atom. The van der Waals surface area contributed by atoms with Gasteiger partial charge < -0.3 is 10.5 Å². The average molecular weight is 245 g/mol. The summed E-state index contributed by atoms with van der Waals surface area (Å²) in [6.45, 7) is 2.18. The second kappa shape index (κ2) is 5.65. The van der Waals surface area contributed by atoms with E-state index in [4.69, 9.17) is 10.5 Å². The molecule has 0 bridgehead atoms. The van der Waals surface area contributed by atoms with Crippen LogP contribution in [0.15, 0.2) is 48.5 Å². The Morgan fingerprint density at radius 3 is 2.50 bits per heavy atom. The summed E-state index contributed by atoms with van der Waals surface area (Å²) in [7, 11) is 0. The number of nitrogens with two attached hydrogens (primary N) is 1. The molecule has 0 aromatic heterocycles. The molecule has 0 spiro atoms. The van der Waals surface area contributed by atoms with Crippen molar-refractivity contribution in [3.63, 3.8) is 0 Å². The summed E-state index contributed by atoms with van der Waals surface area (Å²) >= 11 is 0. The van der Waals surface area contributed by atoms with Crippen LogP contribution in [0.3, 0.4) is 0 Å². The summed E-state index contributed by atoms with van der Waals surface area (Å²) in [6, 6.07) is 14.3. The molecule has 2 aromatic carbocycles. The van der Waals surface area contributed by atoms with Gasteiger partial charge in [-0.25, -0.2) is 4.39 Å². The molecule has 0 aliphatic carbocycles. The van der Waals surface area contributed by atoms with Crippen molar-refractivity contribution in [3.05, 3.63) is 65.5 Å². The first-order valence-electron chi connectivity index (χ1n) is 5.88. The third-order valence-corrected chi connectivity index (χ3v) is 2.72. The van der Waals surface area contributed by atoms with Crippen LogP contribution >= 0.6 is 0 Å². The maximum atomic E-state index is 13.7. The van der Waals surface area contributed by atoms with Crippen LogP contribution in [-0.2, 0) is 6.61 Å². The Kier molecular flexibility index (Phi) is 3.95. The largest absolute Gasteiger partial charge is 0.486 e. The quantitative estimate of drug-likeness (QED) is 0.895. The Labute approximate surface area is 106 Å². The highest BCUT2D eigenvalue weighted by Crippen LogP contribution is 2.22. The van der Waals surface area contributed by atoms with Crippen LogP contribution in [-0.4, -0.2) is 0 Å². The molecule has 0 fully saturated rings. The van der Waals surface area contributed by atoms with Gasteiger partial charge in [-0.3, -0.25) is 0 Å². The predicted molar refractivity (Wildman–Crippen MR) is 69.8 cm³/mol. The van der Waals surface area contributed by atoms with E-state index in [2.05, 4.69) is 0 Å². The molecule has 1 atom stereocenters. The van der Waals surface area contributed by atoms with E-state index < -0.39 is 0 Å². The van der Waals surface area contributed by atoms with Crippen LogP contribution in [0.2, 0.25) is 0 Å². The molecule has 3 heteroatoms. The van der Waals surface area contributed by atoms with Crippen LogP contribution in [0.4, 0.5) is 4.39 Å². The summed E-state index contributed by atoms with van der Waals surface area (Å²) < 4.78 is 19.2. The van der Waals surface area contributed by atoms with E-state index in [1.165, 1.54) is 6.07 Å². The molecule has 0 aliphatic heterocycles. The van der Waals surface area contributed by atoms with Gasteiger partial charge in [0.1, 0.15) is 6.61 Å². The molecule has 18 heavy (non-hydrogen) atoms. The minimum atomic E-state index is -0.374. The molecule has 0 saturated heterocycles. The Hall–Kier alpha value is -1.87. The van der Waals surface area contributed by atoms with Crippen molar-refractivity contribution in [2.24, 2.45) is 5.73 Å². The number of hydrogen-bond donors (Lipinski definition) is 1. The van der Waals surface area contributed by atoms with E-state index >= 15 is 0 Å². The summed E-state index contributed by atoms with van der Waals surface area (Å²) in [5, 5.41) is 0.